The Morgan fingerprint density at radius 2 is 1.80 bits per heavy atom. The van der Waals surface area contributed by atoms with Gasteiger partial charge >= 0.3 is 0 Å². The van der Waals surface area contributed by atoms with Gasteiger partial charge in [0, 0.05) is 3.57 Å². The third kappa shape index (κ3) is 5.98. The molecule has 0 amide bonds. The highest BCUT2D eigenvalue weighted by Gasteiger charge is 1.87. The second-order valence-electron chi connectivity index (χ2n) is 3.80. The number of allylic oxidation sites excluding steroid dienone is 1. The van der Waals surface area contributed by atoms with E-state index < -0.39 is 0 Å². The molecule has 15 heavy (non-hydrogen) atoms. The van der Waals surface area contributed by atoms with Crippen LogP contribution in [0.15, 0.2) is 30.3 Å². The van der Waals surface area contributed by atoms with Gasteiger partial charge in [0.05, 0.1) is 0 Å². The minimum Gasteiger partial charge on any atom is -0.0839 e. The van der Waals surface area contributed by atoms with E-state index in [9.17, 15) is 0 Å². The van der Waals surface area contributed by atoms with E-state index in [0.29, 0.717) is 0 Å². The largest absolute Gasteiger partial charge is 0.0839 e. The summed E-state index contributed by atoms with van der Waals surface area (Å²) in [6.45, 7) is 2.25. The van der Waals surface area contributed by atoms with E-state index in [1.807, 2.05) is 0 Å². The van der Waals surface area contributed by atoms with E-state index in [4.69, 9.17) is 0 Å². The summed E-state index contributed by atoms with van der Waals surface area (Å²) >= 11 is 2.33. The van der Waals surface area contributed by atoms with Crippen molar-refractivity contribution in [2.75, 3.05) is 0 Å². The number of unbranched alkanes of at least 4 members (excludes halogenated alkanes) is 4. The summed E-state index contributed by atoms with van der Waals surface area (Å²) in [5.41, 5.74) is 1.31. The highest BCUT2D eigenvalue weighted by molar-refractivity contribution is 14.1. The molecule has 0 bridgehead atoms. The Morgan fingerprint density at radius 3 is 2.47 bits per heavy atom. The van der Waals surface area contributed by atoms with Crippen molar-refractivity contribution in [3.8, 4) is 0 Å². The lowest BCUT2D eigenvalue weighted by atomic mass is 10.1. The average Bonchev–Trinajstić information content (AvgIpc) is 2.26. The normalized spacial score (nSPS) is 11.1. The third-order valence-corrected chi connectivity index (χ3v) is 3.12. The van der Waals surface area contributed by atoms with Crippen LogP contribution in [0, 0.1) is 3.57 Å². The Balaban J connectivity index is 2.23. The molecule has 0 nitrogen and oxygen atoms in total. The van der Waals surface area contributed by atoms with Crippen LogP contribution in [0.25, 0.3) is 6.08 Å². The Morgan fingerprint density at radius 1 is 1.07 bits per heavy atom. The molecule has 0 N–H and O–H groups in total. The maximum absolute atomic E-state index is 2.33. The SMILES string of the molecule is CCCCCC/C=C/c1ccc(I)cc1. The highest BCUT2D eigenvalue weighted by atomic mass is 127. The first-order chi connectivity index (χ1) is 7.33. The molecule has 0 saturated heterocycles. The van der Waals surface area contributed by atoms with Crippen molar-refractivity contribution in [2.24, 2.45) is 0 Å². The van der Waals surface area contributed by atoms with Gasteiger partial charge < -0.3 is 0 Å². The van der Waals surface area contributed by atoms with Crippen LogP contribution in [0.5, 0.6) is 0 Å². The molecule has 0 fully saturated rings. The van der Waals surface area contributed by atoms with Crippen molar-refractivity contribution in [3.63, 3.8) is 0 Å². The first kappa shape index (κ1) is 12.8. The summed E-state index contributed by atoms with van der Waals surface area (Å²) in [6.07, 6.45) is 11.1. The van der Waals surface area contributed by atoms with Crippen LogP contribution in [-0.4, -0.2) is 0 Å². The Labute approximate surface area is 107 Å². The topological polar surface area (TPSA) is 0 Å². The summed E-state index contributed by atoms with van der Waals surface area (Å²) in [5, 5.41) is 0. The van der Waals surface area contributed by atoms with Crippen LogP contribution in [-0.2, 0) is 0 Å². The molecule has 1 heteroatoms. The molecule has 0 radical (unpaired) electrons. The number of hydrogen-bond donors (Lipinski definition) is 0. The summed E-state index contributed by atoms with van der Waals surface area (Å²) in [6, 6.07) is 8.64. The highest BCUT2D eigenvalue weighted by Crippen LogP contribution is 2.09. The monoisotopic (exact) mass is 314 g/mol. The molecule has 1 aromatic rings. The van der Waals surface area contributed by atoms with E-state index >= 15 is 0 Å². The van der Waals surface area contributed by atoms with Crippen LogP contribution < -0.4 is 0 Å². The van der Waals surface area contributed by atoms with Gasteiger partial charge in [-0.15, -0.1) is 0 Å². The summed E-state index contributed by atoms with van der Waals surface area (Å²) in [5.74, 6) is 0. The van der Waals surface area contributed by atoms with Gasteiger partial charge in [-0.3, -0.25) is 0 Å². The molecule has 1 rings (SSSR count). The molecule has 0 unspecified atom stereocenters. The van der Waals surface area contributed by atoms with Gasteiger partial charge in [-0.2, -0.15) is 0 Å². The maximum atomic E-state index is 2.33. The fourth-order valence-corrected chi connectivity index (χ4v) is 1.84. The molecular weight excluding hydrogens is 295 g/mol. The predicted molar refractivity (Wildman–Crippen MR) is 77.0 cm³/mol. The fourth-order valence-electron chi connectivity index (χ4n) is 1.48. The molecule has 0 saturated carbocycles. The molecule has 82 valence electrons. The van der Waals surface area contributed by atoms with Crippen molar-refractivity contribution < 1.29 is 0 Å². The first-order valence-corrected chi connectivity index (χ1v) is 6.83. The van der Waals surface area contributed by atoms with Gasteiger partial charge in [0.1, 0.15) is 0 Å². The van der Waals surface area contributed by atoms with Crippen molar-refractivity contribution in [3.05, 3.63) is 39.5 Å². The third-order valence-electron chi connectivity index (χ3n) is 2.40. The molecule has 0 aliphatic rings. The first-order valence-electron chi connectivity index (χ1n) is 5.75. The Kier molecular flexibility index (Phi) is 6.73. The molecule has 0 aliphatic carbocycles. The lowest BCUT2D eigenvalue weighted by molar-refractivity contribution is 0.675. The van der Waals surface area contributed by atoms with Gasteiger partial charge in [0.25, 0.3) is 0 Å². The lowest BCUT2D eigenvalue weighted by Gasteiger charge is -1.95. The van der Waals surface area contributed by atoms with Gasteiger partial charge in [-0.25, -0.2) is 0 Å². The number of benzene rings is 1. The van der Waals surface area contributed by atoms with Crippen LogP contribution in [0.2, 0.25) is 0 Å². The molecule has 0 atom stereocenters. The van der Waals surface area contributed by atoms with Crippen molar-refractivity contribution in [1.82, 2.24) is 0 Å². The molecule has 0 aliphatic heterocycles. The van der Waals surface area contributed by atoms with Crippen molar-refractivity contribution >= 4 is 28.7 Å². The quantitative estimate of drug-likeness (QED) is 0.495. The van der Waals surface area contributed by atoms with Crippen molar-refractivity contribution in [1.29, 1.82) is 0 Å². The van der Waals surface area contributed by atoms with Crippen LogP contribution >= 0.6 is 22.6 Å². The van der Waals surface area contributed by atoms with Crippen LogP contribution in [0.3, 0.4) is 0 Å². The smallest absolute Gasteiger partial charge is 0.0130 e. The average molecular weight is 314 g/mol. The predicted octanol–water partition coefficient (Wildman–Crippen LogP) is 5.27. The number of hydrogen-bond acceptors (Lipinski definition) is 0. The maximum Gasteiger partial charge on any atom is 0.0130 e. The second-order valence-corrected chi connectivity index (χ2v) is 5.05. The van der Waals surface area contributed by atoms with E-state index in [1.165, 1.54) is 41.2 Å². The summed E-state index contributed by atoms with van der Waals surface area (Å²) < 4.78 is 1.30. The lowest BCUT2D eigenvalue weighted by Crippen LogP contribution is -1.75. The van der Waals surface area contributed by atoms with Gasteiger partial charge in [-0.05, 0) is 53.1 Å². The standard InChI is InChI=1S/C14H19I/c1-2-3-4-5-6-7-8-13-9-11-14(15)12-10-13/h7-12H,2-6H2,1H3/b8-7+. The van der Waals surface area contributed by atoms with Crippen molar-refractivity contribution in [2.45, 2.75) is 39.0 Å². The molecule has 1 aromatic carbocycles. The van der Waals surface area contributed by atoms with Crippen LogP contribution in [0.4, 0.5) is 0 Å². The zero-order valence-corrected chi connectivity index (χ0v) is 11.5. The fraction of sp³-hybridized carbons (Fsp3) is 0.429. The molecule has 0 aromatic heterocycles. The number of halogens is 1. The minimum atomic E-state index is 1.21. The Bertz CT molecular complexity index is 285. The zero-order chi connectivity index (χ0) is 10.9. The molecule has 0 spiro atoms. The summed E-state index contributed by atoms with van der Waals surface area (Å²) in [4.78, 5) is 0. The van der Waals surface area contributed by atoms with Gasteiger partial charge in [0.15, 0.2) is 0 Å². The number of rotatable bonds is 6. The second kappa shape index (κ2) is 7.91. The van der Waals surface area contributed by atoms with E-state index in [2.05, 4.69) is 65.9 Å². The Hall–Kier alpha value is -0.310. The van der Waals surface area contributed by atoms with E-state index in [1.54, 1.807) is 0 Å². The van der Waals surface area contributed by atoms with E-state index in [-0.39, 0.29) is 0 Å². The van der Waals surface area contributed by atoms with Gasteiger partial charge in [-0.1, -0.05) is 50.5 Å². The molecule has 0 heterocycles. The van der Waals surface area contributed by atoms with E-state index in [0.717, 1.165) is 0 Å². The zero-order valence-electron chi connectivity index (χ0n) is 9.38. The summed E-state index contributed by atoms with van der Waals surface area (Å²) in [7, 11) is 0. The minimum absolute atomic E-state index is 1.21. The molecular formula is C14H19I. The van der Waals surface area contributed by atoms with Crippen LogP contribution in [0.1, 0.15) is 44.6 Å². The van der Waals surface area contributed by atoms with Gasteiger partial charge in [0.2, 0.25) is 0 Å².